The quantitative estimate of drug-likeness (QED) is 0.902. The fraction of sp³-hybridized carbons (Fsp3) is 0.562. The first-order valence-corrected chi connectivity index (χ1v) is 8.08. The van der Waals surface area contributed by atoms with Crippen LogP contribution in [0.25, 0.3) is 0 Å². The molecule has 0 unspecified atom stereocenters. The van der Waals surface area contributed by atoms with E-state index in [1.54, 1.807) is 4.90 Å². The molecule has 0 atom stereocenters. The zero-order chi connectivity index (χ0) is 15.5. The van der Waals surface area contributed by atoms with E-state index in [9.17, 15) is 4.79 Å². The van der Waals surface area contributed by atoms with Crippen LogP contribution in [-0.4, -0.2) is 42.3 Å². The van der Waals surface area contributed by atoms with E-state index in [1.807, 2.05) is 32.9 Å². The highest BCUT2D eigenvalue weighted by molar-refractivity contribution is 9.10. The van der Waals surface area contributed by atoms with E-state index < -0.39 is 5.60 Å². The maximum Gasteiger partial charge on any atom is 0.410 e. The minimum atomic E-state index is -0.420. The summed E-state index contributed by atoms with van der Waals surface area (Å²) in [6.07, 6.45) is 0.773. The molecular weight excluding hydrogens is 332 g/mol. The number of likely N-dealkylation sites (tertiary alicyclic amines) is 1. The van der Waals surface area contributed by atoms with Crippen LogP contribution < -0.4 is 5.32 Å². The number of amides is 1. The molecule has 1 aliphatic heterocycles. The predicted molar refractivity (Wildman–Crippen MR) is 87.4 cm³/mol. The summed E-state index contributed by atoms with van der Waals surface area (Å²) in [7, 11) is 0. The third-order valence-corrected chi connectivity index (χ3v) is 3.76. The Hall–Kier alpha value is -1.07. The lowest BCUT2D eigenvalue weighted by molar-refractivity contribution is 0.00542. The molecule has 1 saturated heterocycles. The Kier molecular flexibility index (Phi) is 5.27. The van der Waals surface area contributed by atoms with E-state index >= 15 is 0 Å². The van der Waals surface area contributed by atoms with Gasteiger partial charge >= 0.3 is 6.09 Å². The maximum atomic E-state index is 11.8. The number of rotatable bonds is 4. The number of nitrogens with zero attached hydrogens (tertiary/aromatic N) is 1. The molecule has 1 heterocycles. The number of carbonyl (C=O) groups is 1. The van der Waals surface area contributed by atoms with Gasteiger partial charge in [-0.05, 0) is 51.4 Å². The van der Waals surface area contributed by atoms with Gasteiger partial charge in [0, 0.05) is 23.6 Å². The number of ether oxygens (including phenoxy) is 1. The normalized spacial score (nSPS) is 15.7. The highest BCUT2D eigenvalue weighted by Crippen LogP contribution is 2.15. The molecule has 0 radical (unpaired) electrons. The first-order chi connectivity index (χ1) is 9.83. The second kappa shape index (κ2) is 6.79. The summed E-state index contributed by atoms with van der Waals surface area (Å²) < 4.78 is 6.44. The Morgan fingerprint density at radius 3 is 2.76 bits per heavy atom. The molecule has 0 bridgehead atoms. The van der Waals surface area contributed by atoms with E-state index in [2.05, 4.69) is 33.4 Å². The van der Waals surface area contributed by atoms with Crippen LogP contribution in [0.3, 0.4) is 0 Å². The monoisotopic (exact) mass is 354 g/mol. The zero-order valence-corrected chi connectivity index (χ0v) is 14.4. The van der Waals surface area contributed by atoms with Gasteiger partial charge in [-0.25, -0.2) is 4.79 Å². The van der Waals surface area contributed by atoms with Gasteiger partial charge in [0.05, 0.1) is 0 Å². The van der Waals surface area contributed by atoms with Crippen molar-refractivity contribution in [3.8, 4) is 0 Å². The van der Waals surface area contributed by atoms with Crippen LogP contribution in [0.4, 0.5) is 4.79 Å². The summed E-state index contributed by atoms with van der Waals surface area (Å²) in [5.41, 5.74) is 0.885. The standard InChI is InChI=1S/C16H23BrN2O2/c1-16(2,3)21-15(20)19-10-14(11-19)18-8-7-12-5-4-6-13(17)9-12/h4-6,9,14,18H,7-8,10-11H2,1-3H3. The molecule has 1 aromatic rings. The molecule has 1 aliphatic rings. The molecule has 1 aromatic carbocycles. The van der Waals surface area contributed by atoms with Gasteiger partial charge in [-0.15, -0.1) is 0 Å². The molecular formula is C16H23BrN2O2. The van der Waals surface area contributed by atoms with E-state index in [-0.39, 0.29) is 6.09 Å². The lowest BCUT2D eigenvalue weighted by Crippen LogP contribution is -2.60. The largest absolute Gasteiger partial charge is 0.444 e. The van der Waals surface area contributed by atoms with Crippen molar-refractivity contribution in [2.75, 3.05) is 19.6 Å². The minimum Gasteiger partial charge on any atom is -0.444 e. The molecule has 1 N–H and O–H groups in total. The van der Waals surface area contributed by atoms with Gasteiger partial charge in [-0.3, -0.25) is 0 Å². The van der Waals surface area contributed by atoms with Crippen LogP contribution in [0.5, 0.6) is 0 Å². The van der Waals surface area contributed by atoms with Crippen LogP contribution in [0.1, 0.15) is 26.3 Å². The summed E-state index contributed by atoms with van der Waals surface area (Å²) in [5.74, 6) is 0. The molecule has 21 heavy (non-hydrogen) atoms. The Labute approximate surface area is 135 Å². The van der Waals surface area contributed by atoms with Gasteiger partial charge in [0.15, 0.2) is 0 Å². The number of halogens is 1. The smallest absolute Gasteiger partial charge is 0.410 e. The zero-order valence-electron chi connectivity index (χ0n) is 12.9. The second-order valence-corrected chi connectivity index (χ2v) is 7.33. The molecule has 1 fully saturated rings. The molecule has 116 valence electrons. The summed E-state index contributed by atoms with van der Waals surface area (Å²) in [6, 6.07) is 8.72. The third kappa shape index (κ3) is 5.32. The summed E-state index contributed by atoms with van der Waals surface area (Å²) >= 11 is 3.48. The van der Waals surface area contributed by atoms with E-state index in [4.69, 9.17) is 4.74 Å². The fourth-order valence-electron chi connectivity index (χ4n) is 2.20. The summed E-state index contributed by atoms with van der Waals surface area (Å²) in [5, 5.41) is 3.47. The molecule has 1 amide bonds. The minimum absolute atomic E-state index is 0.215. The summed E-state index contributed by atoms with van der Waals surface area (Å²) in [6.45, 7) is 8.04. The Balaban J connectivity index is 1.64. The van der Waals surface area contributed by atoms with Crippen LogP contribution in [0, 0.1) is 0 Å². The van der Waals surface area contributed by atoms with Crippen molar-refractivity contribution in [1.29, 1.82) is 0 Å². The van der Waals surface area contributed by atoms with Crippen molar-refractivity contribution in [2.24, 2.45) is 0 Å². The number of nitrogens with one attached hydrogen (secondary N) is 1. The molecule has 5 heteroatoms. The topological polar surface area (TPSA) is 41.6 Å². The van der Waals surface area contributed by atoms with Gasteiger partial charge in [-0.1, -0.05) is 28.1 Å². The van der Waals surface area contributed by atoms with Gasteiger partial charge in [0.25, 0.3) is 0 Å². The Morgan fingerprint density at radius 2 is 2.14 bits per heavy atom. The number of hydrogen-bond donors (Lipinski definition) is 1. The third-order valence-electron chi connectivity index (χ3n) is 3.27. The first-order valence-electron chi connectivity index (χ1n) is 7.29. The Morgan fingerprint density at radius 1 is 1.43 bits per heavy atom. The fourth-order valence-corrected chi connectivity index (χ4v) is 2.64. The van der Waals surface area contributed by atoms with Crippen molar-refractivity contribution in [2.45, 2.75) is 38.8 Å². The van der Waals surface area contributed by atoms with Crippen LogP contribution in [-0.2, 0) is 11.2 Å². The Bertz CT molecular complexity index is 493. The molecule has 0 spiro atoms. The number of benzene rings is 1. The number of carbonyl (C=O) groups excluding carboxylic acids is 1. The van der Waals surface area contributed by atoms with Gasteiger partial charge in [-0.2, -0.15) is 0 Å². The molecule has 0 saturated carbocycles. The molecule has 0 aliphatic carbocycles. The maximum absolute atomic E-state index is 11.8. The van der Waals surface area contributed by atoms with Crippen LogP contribution in [0.15, 0.2) is 28.7 Å². The van der Waals surface area contributed by atoms with Crippen LogP contribution in [0.2, 0.25) is 0 Å². The van der Waals surface area contributed by atoms with E-state index in [0.717, 1.165) is 30.5 Å². The van der Waals surface area contributed by atoms with Gasteiger partial charge in [0.2, 0.25) is 0 Å². The molecule has 0 aromatic heterocycles. The average Bonchev–Trinajstić information content (AvgIpc) is 2.29. The molecule has 4 nitrogen and oxygen atoms in total. The van der Waals surface area contributed by atoms with Crippen molar-refractivity contribution >= 4 is 22.0 Å². The van der Waals surface area contributed by atoms with Crippen molar-refractivity contribution in [1.82, 2.24) is 10.2 Å². The summed E-state index contributed by atoms with van der Waals surface area (Å²) in [4.78, 5) is 13.5. The SMILES string of the molecule is CC(C)(C)OC(=O)N1CC(NCCc2cccc(Br)c2)C1. The molecule has 2 rings (SSSR count). The number of hydrogen-bond acceptors (Lipinski definition) is 3. The van der Waals surface area contributed by atoms with Crippen molar-refractivity contribution in [3.63, 3.8) is 0 Å². The average molecular weight is 355 g/mol. The van der Waals surface area contributed by atoms with Gasteiger partial charge in [0.1, 0.15) is 5.60 Å². The van der Waals surface area contributed by atoms with Gasteiger partial charge < -0.3 is 15.0 Å². The van der Waals surface area contributed by atoms with Crippen LogP contribution >= 0.6 is 15.9 Å². The van der Waals surface area contributed by atoms with Crippen molar-refractivity contribution < 1.29 is 9.53 Å². The highest BCUT2D eigenvalue weighted by Gasteiger charge is 2.33. The van der Waals surface area contributed by atoms with E-state index in [0.29, 0.717) is 6.04 Å². The highest BCUT2D eigenvalue weighted by atomic mass is 79.9. The first kappa shape index (κ1) is 16.3. The lowest BCUT2D eigenvalue weighted by atomic mass is 10.1. The lowest BCUT2D eigenvalue weighted by Gasteiger charge is -2.40. The van der Waals surface area contributed by atoms with E-state index in [1.165, 1.54) is 5.56 Å². The second-order valence-electron chi connectivity index (χ2n) is 6.42. The predicted octanol–water partition coefficient (Wildman–Crippen LogP) is 3.20. The van der Waals surface area contributed by atoms with Crippen molar-refractivity contribution in [3.05, 3.63) is 34.3 Å².